The molecule has 0 bridgehead atoms. The van der Waals surface area contributed by atoms with Gasteiger partial charge in [0.05, 0.1) is 6.10 Å². The molecule has 2 N–H and O–H groups in total. The van der Waals surface area contributed by atoms with E-state index in [4.69, 9.17) is 16.3 Å². The van der Waals surface area contributed by atoms with Crippen LogP contribution >= 0.6 is 11.6 Å². The predicted molar refractivity (Wildman–Crippen MR) is 79.8 cm³/mol. The summed E-state index contributed by atoms with van der Waals surface area (Å²) < 4.78 is 5.86. The minimum absolute atomic E-state index is 0.0736. The highest BCUT2D eigenvalue weighted by atomic mass is 35.5. The van der Waals surface area contributed by atoms with Crippen molar-refractivity contribution in [2.24, 2.45) is 5.92 Å². The molecule has 1 aliphatic rings. The van der Waals surface area contributed by atoms with Crippen molar-refractivity contribution in [3.05, 3.63) is 34.9 Å². The predicted octanol–water partition coefficient (Wildman–Crippen LogP) is 2.14. The molecule has 20 heavy (non-hydrogen) atoms. The van der Waals surface area contributed by atoms with Crippen LogP contribution in [0.5, 0.6) is 0 Å². The molecule has 1 heterocycles. The zero-order valence-corrected chi connectivity index (χ0v) is 12.5. The van der Waals surface area contributed by atoms with E-state index >= 15 is 0 Å². The molecule has 0 unspecified atom stereocenters. The van der Waals surface area contributed by atoms with E-state index in [0.717, 1.165) is 31.5 Å². The molecule has 1 saturated heterocycles. The van der Waals surface area contributed by atoms with Gasteiger partial charge in [0, 0.05) is 24.5 Å². The van der Waals surface area contributed by atoms with Gasteiger partial charge in [-0.25, -0.2) is 0 Å². The van der Waals surface area contributed by atoms with E-state index in [1.807, 2.05) is 24.3 Å². The van der Waals surface area contributed by atoms with Gasteiger partial charge in [-0.1, -0.05) is 23.7 Å². The van der Waals surface area contributed by atoms with Crippen LogP contribution in [0.25, 0.3) is 0 Å². The fraction of sp³-hybridized carbons (Fsp3) is 0.533. The summed E-state index contributed by atoms with van der Waals surface area (Å²) in [5.74, 6) is 0.257. The Morgan fingerprint density at radius 1 is 1.60 bits per heavy atom. The van der Waals surface area contributed by atoms with E-state index in [1.165, 1.54) is 0 Å². The number of likely N-dealkylation sites (N-methyl/N-ethyl adjacent to an activating group) is 1. The number of piperidine rings is 1. The quantitative estimate of drug-likeness (QED) is 0.875. The van der Waals surface area contributed by atoms with E-state index in [9.17, 15) is 4.79 Å². The van der Waals surface area contributed by atoms with Crippen LogP contribution in [0.4, 0.5) is 0 Å². The summed E-state index contributed by atoms with van der Waals surface area (Å²) in [7, 11) is 1.61. The van der Waals surface area contributed by atoms with Gasteiger partial charge in [-0.15, -0.1) is 0 Å². The highest BCUT2D eigenvalue weighted by Crippen LogP contribution is 2.31. The molecule has 0 aromatic heterocycles. The molecule has 1 amide bonds. The number of nitrogens with one attached hydrogen (secondary N) is 2. The van der Waals surface area contributed by atoms with Gasteiger partial charge >= 0.3 is 0 Å². The number of carbonyl (C=O) groups excluding carboxylic acids is 1. The topological polar surface area (TPSA) is 50.4 Å². The van der Waals surface area contributed by atoms with Crippen LogP contribution in [0.3, 0.4) is 0 Å². The van der Waals surface area contributed by atoms with Gasteiger partial charge < -0.3 is 15.4 Å². The molecule has 5 heteroatoms. The Morgan fingerprint density at radius 2 is 2.45 bits per heavy atom. The maximum absolute atomic E-state index is 11.4. The molecule has 1 aromatic rings. The fourth-order valence-electron chi connectivity index (χ4n) is 2.56. The zero-order valence-electron chi connectivity index (χ0n) is 11.7. The van der Waals surface area contributed by atoms with E-state index in [-0.39, 0.29) is 18.6 Å². The number of ether oxygens (including phenoxy) is 1. The second kappa shape index (κ2) is 7.62. The van der Waals surface area contributed by atoms with Crippen LogP contribution in [0, 0.1) is 5.92 Å². The molecule has 0 aliphatic carbocycles. The van der Waals surface area contributed by atoms with Crippen LogP contribution in [0.15, 0.2) is 24.3 Å². The third-order valence-electron chi connectivity index (χ3n) is 3.61. The molecule has 2 atom stereocenters. The summed E-state index contributed by atoms with van der Waals surface area (Å²) in [4.78, 5) is 11.4. The minimum Gasteiger partial charge on any atom is -0.363 e. The first kappa shape index (κ1) is 15.3. The normalized spacial score (nSPS) is 20.4. The lowest BCUT2D eigenvalue weighted by molar-refractivity contribution is -0.128. The van der Waals surface area contributed by atoms with Gasteiger partial charge in [-0.3, -0.25) is 4.79 Å². The van der Waals surface area contributed by atoms with Crippen molar-refractivity contribution in [1.29, 1.82) is 0 Å². The second-order valence-electron chi connectivity index (χ2n) is 5.07. The molecule has 4 nitrogen and oxygen atoms in total. The van der Waals surface area contributed by atoms with Crippen molar-refractivity contribution in [3.63, 3.8) is 0 Å². The number of hydrogen-bond acceptors (Lipinski definition) is 3. The first-order chi connectivity index (χ1) is 9.70. The maximum atomic E-state index is 11.4. The lowest BCUT2D eigenvalue weighted by Crippen LogP contribution is -2.35. The van der Waals surface area contributed by atoms with Crippen LogP contribution in [-0.2, 0) is 9.53 Å². The van der Waals surface area contributed by atoms with Gasteiger partial charge in [0.2, 0.25) is 5.91 Å². The summed E-state index contributed by atoms with van der Waals surface area (Å²) in [6.45, 7) is 2.03. The molecule has 0 saturated carbocycles. The van der Waals surface area contributed by atoms with E-state index < -0.39 is 0 Å². The van der Waals surface area contributed by atoms with Crippen LogP contribution in [0.1, 0.15) is 24.5 Å². The molecular formula is C15H21ClN2O2. The molecule has 110 valence electrons. The monoisotopic (exact) mass is 296 g/mol. The van der Waals surface area contributed by atoms with Crippen LogP contribution in [0.2, 0.25) is 5.02 Å². The number of carbonyl (C=O) groups is 1. The lowest BCUT2D eigenvalue weighted by Gasteiger charge is -2.31. The summed E-state index contributed by atoms with van der Waals surface area (Å²) in [6.07, 6.45) is 2.13. The number of rotatable bonds is 5. The molecule has 1 fully saturated rings. The van der Waals surface area contributed by atoms with Crippen molar-refractivity contribution in [2.45, 2.75) is 18.9 Å². The van der Waals surface area contributed by atoms with Gasteiger partial charge in [0.15, 0.2) is 0 Å². The summed E-state index contributed by atoms with van der Waals surface area (Å²) in [6, 6.07) is 7.70. The maximum Gasteiger partial charge on any atom is 0.245 e. The molecule has 1 aliphatic heterocycles. The number of amides is 1. The fourth-order valence-corrected chi connectivity index (χ4v) is 2.76. The first-order valence-corrected chi connectivity index (χ1v) is 7.37. The highest BCUT2D eigenvalue weighted by molar-refractivity contribution is 6.30. The molecular weight excluding hydrogens is 276 g/mol. The Hall–Kier alpha value is -1.10. The molecule has 1 aromatic carbocycles. The van der Waals surface area contributed by atoms with Gasteiger partial charge in [-0.2, -0.15) is 0 Å². The first-order valence-electron chi connectivity index (χ1n) is 6.99. The molecule has 0 radical (unpaired) electrons. The SMILES string of the molecule is CNC(=O)CO[C@@H](c1cccc(Cl)c1)[C@@H]1CCCNC1. The Morgan fingerprint density at radius 3 is 3.10 bits per heavy atom. The Balaban J connectivity index is 2.12. The Labute approximate surface area is 124 Å². The van der Waals surface area contributed by atoms with Crippen LogP contribution in [-0.4, -0.2) is 32.7 Å². The number of benzene rings is 1. The summed E-state index contributed by atoms with van der Waals surface area (Å²) in [5.41, 5.74) is 1.04. The second-order valence-corrected chi connectivity index (χ2v) is 5.50. The largest absolute Gasteiger partial charge is 0.363 e. The average molecular weight is 297 g/mol. The average Bonchev–Trinajstić information content (AvgIpc) is 2.48. The van der Waals surface area contributed by atoms with Crippen molar-refractivity contribution < 1.29 is 9.53 Å². The molecule has 2 rings (SSSR count). The number of halogens is 1. The minimum atomic E-state index is -0.110. The summed E-state index contributed by atoms with van der Waals surface area (Å²) in [5, 5.41) is 6.66. The lowest BCUT2D eigenvalue weighted by atomic mass is 9.89. The van der Waals surface area contributed by atoms with Crippen molar-refractivity contribution in [1.82, 2.24) is 10.6 Å². The van der Waals surface area contributed by atoms with Crippen molar-refractivity contribution >= 4 is 17.5 Å². The Bertz CT molecular complexity index is 447. The van der Waals surface area contributed by atoms with Gasteiger partial charge in [-0.05, 0) is 37.1 Å². The van der Waals surface area contributed by atoms with E-state index in [0.29, 0.717) is 10.9 Å². The molecule has 0 spiro atoms. The Kier molecular flexibility index (Phi) is 5.83. The third kappa shape index (κ3) is 4.20. The number of hydrogen-bond donors (Lipinski definition) is 2. The standard InChI is InChI=1S/C15H21ClN2O2/c1-17-14(19)10-20-15(12-5-3-7-18-9-12)11-4-2-6-13(16)8-11/h2,4,6,8,12,15,18H,3,5,7,9-10H2,1H3,(H,17,19)/t12-,15+/m1/s1. The highest BCUT2D eigenvalue weighted by Gasteiger charge is 2.26. The van der Waals surface area contributed by atoms with Crippen molar-refractivity contribution in [2.75, 3.05) is 26.7 Å². The third-order valence-corrected chi connectivity index (χ3v) is 3.85. The summed E-state index contributed by atoms with van der Waals surface area (Å²) >= 11 is 6.07. The van der Waals surface area contributed by atoms with E-state index in [2.05, 4.69) is 10.6 Å². The van der Waals surface area contributed by atoms with Crippen LogP contribution < -0.4 is 10.6 Å². The van der Waals surface area contributed by atoms with Crippen molar-refractivity contribution in [3.8, 4) is 0 Å². The zero-order chi connectivity index (χ0) is 14.4. The van der Waals surface area contributed by atoms with Gasteiger partial charge in [0.25, 0.3) is 0 Å². The van der Waals surface area contributed by atoms with E-state index in [1.54, 1.807) is 7.05 Å². The van der Waals surface area contributed by atoms with Gasteiger partial charge in [0.1, 0.15) is 6.61 Å². The smallest absolute Gasteiger partial charge is 0.245 e.